The Morgan fingerprint density at radius 2 is 1.68 bits per heavy atom. The van der Waals surface area contributed by atoms with Gasteiger partial charge in [-0.25, -0.2) is 4.79 Å². The molecule has 1 N–H and O–H groups in total. The maximum atomic E-state index is 11.1. The molecule has 1 rings (SSSR count). The molecule has 0 amide bonds. The van der Waals surface area contributed by atoms with Gasteiger partial charge in [0.1, 0.15) is 12.0 Å². The van der Waals surface area contributed by atoms with E-state index in [1.807, 2.05) is 0 Å². The molecule has 0 aliphatic carbocycles. The first-order valence-corrected chi connectivity index (χ1v) is 8.47. The zero-order chi connectivity index (χ0) is 16.2. The topological polar surface area (TPSA) is 67.5 Å². The van der Waals surface area contributed by atoms with E-state index in [2.05, 4.69) is 6.92 Å². The molecule has 1 unspecified atom stereocenters. The lowest BCUT2D eigenvalue weighted by molar-refractivity contribution is -0.109. The number of carboxylic acid groups (broad SMARTS) is 1. The third-order valence-corrected chi connectivity index (χ3v) is 3.99. The molecule has 124 valence electrons. The lowest BCUT2D eigenvalue weighted by atomic mass is 9.99. The van der Waals surface area contributed by atoms with Crippen molar-refractivity contribution in [2.45, 2.75) is 77.0 Å². The summed E-state index contributed by atoms with van der Waals surface area (Å²) in [7, 11) is 0. The summed E-state index contributed by atoms with van der Waals surface area (Å²) in [6.45, 7) is 2.22. The monoisotopic (exact) mass is 308 g/mol. The number of carboxylic acids is 1. The molecule has 0 aromatic carbocycles. The smallest absolute Gasteiger partial charge is 0.371 e. The van der Waals surface area contributed by atoms with Crippen LogP contribution in [0.15, 0.2) is 16.5 Å². The van der Waals surface area contributed by atoms with Gasteiger partial charge in [-0.1, -0.05) is 64.7 Å². The minimum absolute atomic E-state index is 0.103. The molecule has 0 fully saturated rings. The summed E-state index contributed by atoms with van der Waals surface area (Å²) in [6, 6.07) is 3.00. The highest BCUT2D eigenvalue weighted by atomic mass is 16.4. The van der Waals surface area contributed by atoms with Crippen LogP contribution in [0.25, 0.3) is 0 Å². The summed E-state index contributed by atoms with van der Waals surface area (Å²) in [5.41, 5.74) is 0. The van der Waals surface area contributed by atoms with Gasteiger partial charge in [0, 0.05) is 0 Å². The maximum absolute atomic E-state index is 11.1. The van der Waals surface area contributed by atoms with E-state index in [-0.39, 0.29) is 11.7 Å². The molecule has 0 saturated carbocycles. The van der Waals surface area contributed by atoms with Crippen molar-refractivity contribution in [3.05, 3.63) is 23.7 Å². The summed E-state index contributed by atoms with van der Waals surface area (Å²) in [6.07, 6.45) is 12.7. The van der Waals surface area contributed by atoms with Crippen molar-refractivity contribution in [2.75, 3.05) is 0 Å². The van der Waals surface area contributed by atoms with Gasteiger partial charge in [0.2, 0.25) is 5.76 Å². The average molecular weight is 308 g/mol. The summed E-state index contributed by atoms with van der Waals surface area (Å²) in [4.78, 5) is 21.9. The summed E-state index contributed by atoms with van der Waals surface area (Å²) in [5.74, 6) is -1.06. The number of carbonyl (C=O) groups is 2. The fraction of sp³-hybridized carbons (Fsp3) is 0.667. The molecule has 0 saturated heterocycles. The van der Waals surface area contributed by atoms with Crippen LogP contribution in [0.1, 0.15) is 93.4 Å². The van der Waals surface area contributed by atoms with Crippen molar-refractivity contribution in [3.8, 4) is 0 Å². The van der Waals surface area contributed by atoms with Crippen molar-refractivity contribution < 1.29 is 19.1 Å². The molecule has 0 aliphatic heterocycles. The Hall–Kier alpha value is -1.58. The molecule has 4 heteroatoms. The second-order valence-corrected chi connectivity index (χ2v) is 5.87. The van der Waals surface area contributed by atoms with Crippen LogP contribution in [0.3, 0.4) is 0 Å². The Labute approximate surface area is 132 Å². The highest BCUT2D eigenvalue weighted by Crippen LogP contribution is 2.23. The third kappa shape index (κ3) is 6.92. The van der Waals surface area contributed by atoms with Crippen LogP contribution in [-0.2, 0) is 4.79 Å². The van der Waals surface area contributed by atoms with Crippen LogP contribution in [0.4, 0.5) is 0 Å². The van der Waals surface area contributed by atoms with E-state index in [0.717, 1.165) is 25.5 Å². The van der Waals surface area contributed by atoms with E-state index in [4.69, 9.17) is 9.52 Å². The van der Waals surface area contributed by atoms with E-state index < -0.39 is 5.97 Å². The molecule has 0 spiro atoms. The minimum atomic E-state index is -1.10. The minimum Gasteiger partial charge on any atom is -0.475 e. The highest BCUT2D eigenvalue weighted by molar-refractivity contribution is 5.84. The molecule has 22 heavy (non-hydrogen) atoms. The normalized spacial score (nSPS) is 12.2. The Morgan fingerprint density at radius 1 is 1.09 bits per heavy atom. The van der Waals surface area contributed by atoms with Crippen molar-refractivity contribution in [1.29, 1.82) is 0 Å². The predicted octanol–water partition coefficient (Wildman–Crippen LogP) is 5.18. The number of furan rings is 1. The number of carbonyl (C=O) groups excluding carboxylic acids is 1. The van der Waals surface area contributed by atoms with Crippen LogP contribution in [-0.4, -0.2) is 17.4 Å². The van der Waals surface area contributed by atoms with E-state index in [1.54, 1.807) is 6.07 Å². The van der Waals surface area contributed by atoms with Gasteiger partial charge in [-0.2, -0.15) is 0 Å². The number of aromatic carboxylic acids is 1. The van der Waals surface area contributed by atoms with Gasteiger partial charge in [-0.15, -0.1) is 0 Å². The number of rotatable bonds is 13. The maximum Gasteiger partial charge on any atom is 0.371 e. The lowest BCUT2D eigenvalue weighted by Gasteiger charge is -2.07. The molecule has 0 bridgehead atoms. The average Bonchev–Trinajstić information content (AvgIpc) is 2.99. The van der Waals surface area contributed by atoms with Crippen LogP contribution in [0.2, 0.25) is 0 Å². The molecule has 1 aromatic heterocycles. The number of unbranched alkanes of at least 4 members (excludes halogenated alkanes) is 8. The molecule has 1 atom stereocenters. The summed E-state index contributed by atoms with van der Waals surface area (Å²) < 4.78 is 5.20. The number of aldehydes is 1. The first-order valence-electron chi connectivity index (χ1n) is 8.47. The van der Waals surface area contributed by atoms with E-state index in [0.29, 0.717) is 5.76 Å². The van der Waals surface area contributed by atoms with Crippen molar-refractivity contribution in [3.63, 3.8) is 0 Å². The van der Waals surface area contributed by atoms with Crippen molar-refractivity contribution >= 4 is 12.3 Å². The molecule has 0 radical (unpaired) electrons. The molecular formula is C18H28O4. The van der Waals surface area contributed by atoms with Gasteiger partial charge in [-0.3, -0.25) is 0 Å². The predicted molar refractivity (Wildman–Crippen MR) is 86.3 cm³/mol. The Morgan fingerprint density at radius 3 is 2.18 bits per heavy atom. The zero-order valence-electron chi connectivity index (χ0n) is 13.6. The Bertz CT molecular complexity index is 436. The third-order valence-electron chi connectivity index (χ3n) is 3.99. The fourth-order valence-corrected chi connectivity index (χ4v) is 2.62. The quantitative estimate of drug-likeness (QED) is 0.402. The van der Waals surface area contributed by atoms with E-state index in [1.165, 1.54) is 51.0 Å². The molecule has 1 heterocycles. The molecule has 1 aromatic rings. The van der Waals surface area contributed by atoms with Crippen molar-refractivity contribution in [1.82, 2.24) is 0 Å². The number of hydrogen-bond donors (Lipinski definition) is 1. The molecule has 4 nitrogen and oxygen atoms in total. The van der Waals surface area contributed by atoms with Gasteiger partial charge < -0.3 is 14.3 Å². The van der Waals surface area contributed by atoms with Gasteiger partial charge in [0.25, 0.3) is 0 Å². The lowest BCUT2D eigenvalue weighted by Crippen LogP contribution is -1.99. The second kappa shape index (κ2) is 11.0. The first kappa shape index (κ1) is 18.5. The van der Waals surface area contributed by atoms with E-state index in [9.17, 15) is 9.59 Å². The zero-order valence-corrected chi connectivity index (χ0v) is 13.6. The summed E-state index contributed by atoms with van der Waals surface area (Å²) >= 11 is 0. The standard InChI is InChI=1S/C18H28O4/c1-2-3-4-5-6-7-8-9-10-11-15(14-19)16-12-13-17(22-16)18(20)21/h12-15H,2-11H2,1H3,(H,20,21). The van der Waals surface area contributed by atoms with Crippen LogP contribution < -0.4 is 0 Å². The highest BCUT2D eigenvalue weighted by Gasteiger charge is 2.17. The largest absolute Gasteiger partial charge is 0.475 e. The van der Waals surface area contributed by atoms with Crippen LogP contribution in [0.5, 0.6) is 0 Å². The van der Waals surface area contributed by atoms with Crippen molar-refractivity contribution in [2.24, 2.45) is 0 Å². The fourth-order valence-electron chi connectivity index (χ4n) is 2.62. The Kier molecular flexibility index (Phi) is 9.28. The van der Waals surface area contributed by atoms with Crippen LogP contribution in [0, 0.1) is 0 Å². The Balaban J connectivity index is 2.16. The van der Waals surface area contributed by atoms with Gasteiger partial charge in [-0.05, 0) is 18.6 Å². The van der Waals surface area contributed by atoms with E-state index >= 15 is 0 Å². The molecule has 0 aliphatic rings. The van der Waals surface area contributed by atoms with Gasteiger partial charge in [0.15, 0.2) is 0 Å². The molecular weight excluding hydrogens is 280 g/mol. The number of hydrogen-bond acceptors (Lipinski definition) is 3. The SMILES string of the molecule is CCCCCCCCCCCC(C=O)c1ccc(C(=O)O)o1. The van der Waals surface area contributed by atoms with Crippen LogP contribution >= 0.6 is 0 Å². The van der Waals surface area contributed by atoms with Gasteiger partial charge in [0.05, 0.1) is 5.92 Å². The second-order valence-electron chi connectivity index (χ2n) is 5.87. The summed E-state index contributed by atoms with van der Waals surface area (Å²) in [5, 5.41) is 8.82. The first-order chi connectivity index (χ1) is 10.7. The van der Waals surface area contributed by atoms with Gasteiger partial charge >= 0.3 is 5.97 Å².